The molecule has 1 aliphatic rings. The lowest BCUT2D eigenvalue weighted by Gasteiger charge is -2.32. The highest BCUT2D eigenvalue weighted by atomic mass is 16.7. The van der Waals surface area contributed by atoms with E-state index in [0.717, 1.165) is 5.56 Å². The van der Waals surface area contributed by atoms with Gasteiger partial charge in [-0.1, -0.05) is 30.3 Å². The largest absolute Gasteiger partial charge is 0.492 e. The van der Waals surface area contributed by atoms with Crippen LogP contribution in [0.15, 0.2) is 42.4 Å². The molecule has 0 bridgehead atoms. The number of hydrogen-bond donors (Lipinski definition) is 1. The van der Waals surface area contributed by atoms with E-state index < -0.39 is 24.4 Å². The summed E-state index contributed by atoms with van der Waals surface area (Å²) in [5.74, 6) is 0. The first-order valence-corrected chi connectivity index (χ1v) is 6.52. The fourth-order valence-corrected chi connectivity index (χ4v) is 1.97. The lowest BCUT2D eigenvalue weighted by molar-refractivity contribution is 0.00578. The Balaban J connectivity index is 2.14. The number of rotatable bonds is 3. The highest BCUT2D eigenvalue weighted by Gasteiger charge is 2.52. The van der Waals surface area contributed by atoms with Crippen molar-refractivity contribution in [2.75, 3.05) is 0 Å². The number of benzene rings is 1. The Bertz CT molecular complexity index is 452. The summed E-state index contributed by atoms with van der Waals surface area (Å²) in [4.78, 5) is 0. The van der Waals surface area contributed by atoms with Gasteiger partial charge in [0.15, 0.2) is 0 Å². The van der Waals surface area contributed by atoms with Crippen LogP contribution in [-0.4, -0.2) is 23.4 Å². The third-order valence-electron chi connectivity index (χ3n) is 4.02. The summed E-state index contributed by atoms with van der Waals surface area (Å²) < 4.78 is 11.8. The van der Waals surface area contributed by atoms with Crippen LogP contribution in [0.25, 0.3) is 0 Å². The van der Waals surface area contributed by atoms with E-state index in [2.05, 4.69) is 6.58 Å². The Hall–Kier alpha value is -1.10. The molecule has 0 saturated carbocycles. The molecule has 102 valence electrons. The van der Waals surface area contributed by atoms with Crippen molar-refractivity contribution in [1.82, 2.24) is 0 Å². The molecule has 0 aromatic heterocycles. The summed E-state index contributed by atoms with van der Waals surface area (Å²) in [6.07, 6.45) is -0.782. The first-order valence-electron chi connectivity index (χ1n) is 6.52. The fraction of sp³-hybridized carbons (Fsp3) is 0.467. The first-order chi connectivity index (χ1) is 8.74. The zero-order chi connectivity index (χ0) is 14.3. The Morgan fingerprint density at radius 3 is 2.05 bits per heavy atom. The molecule has 0 aliphatic carbocycles. The molecule has 1 N–H and O–H groups in total. The highest BCUT2D eigenvalue weighted by molar-refractivity contribution is 6.54. The summed E-state index contributed by atoms with van der Waals surface area (Å²) in [5.41, 5.74) is 0.487. The summed E-state index contributed by atoms with van der Waals surface area (Å²) in [7, 11) is -0.583. The molecule has 19 heavy (non-hydrogen) atoms. The molecule has 1 saturated heterocycles. The van der Waals surface area contributed by atoms with Crippen molar-refractivity contribution < 1.29 is 14.4 Å². The third kappa shape index (κ3) is 2.61. The van der Waals surface area contributed by atoms with Gasteiger partial charge >= 0.3 is 7.12 Å². The van der Waals surface area contributed by atoms with Gasteiger partial charge in [0.25, 0.3) is 0 Å². The minimum absolute atomic E-state index is 0.420. The standard InChI is InChI=1S/C15H21BO3/c1-11(13(17)12-9-7-6-8-10-12)16-18-14(2,3)15(4,5)19-16/h6-10,13,17H,1H2,2-5H3. The van der Waals surface area contributed by atoms with Crippen molar-refractivity contribution in [2.45, 2.75) is 45.0 Å². The monoisotopic (exact) mass is 260 g/mol. The van der Waals surface area contributed by atoms with Crippen LogP contribution in [0.1, 0.15) is 39.4 Å². The molecular formula is C15H21BO3. The molecular weight excluding hydrogens is 239 g/mol. The normalized spacial score (nSPS) is 22.3. The van der Waals surface area contributed by atoms with Gasteiger partial charge in [-0.05, 0) is 38.7 Å². The summed E-state index contributed by atoms with van der Waals surface area (Å²) in [6.45, 7) is 11.9. The second kappa shape index (κ2) is 4.78. The minimum Gasteiger partial charge on any atom is -0.400 e. The molecule has 1 unspecified atom stereocenters. The van der Waals surface area contributed by atoms with E-state index in [9.17, 15) is 5.11 Å². The first kappa shape index (κ1) is 14.3. The predicted octanol–water partition coefficient (Wildman–Crippen LogP) is 2.91. The molecule has 0 spiro atoms. The smallest absolute Gasteiger partial charge is 0.400 e. The fourth-order valence-electron chi connectivity index (χ4n) is 1.97. The van der Waals surface area contributed by atoms with Crippen molar-refractivity contribution in [3.63, 3.8) is 0 Å². The van der Waals surface area contributed by atoms with Crippen LogP contribution < -0.4 is 0 Å². The molecule has 2 rings (SSSR count). The van der Waals surface area contributed by atoms with Gasteiger partial charge in [0, 0.05) is 0 Å². The Morgan fingerprint density at radius 1 is 1.11 bits per heavy atom. The van der Waals surface area contributed by atoms with E-state index in [0.29, 0.717) is 5.47 Å². The van der Waals surface area contributed by atoms with Gasteiger partial charge in [-0.25, -0.2) is 0 Å². The van der Waals surface area contributed by atoms with Gasteiger partial charge in [-0.2, -0.15) is 0 Å². The van der Waals surface area contributed by atoms with Crippen LogP contribution in [0.2, 0.25) is 0 Å². The van der Waals surface area contributed by atoms with Crippen LogP contribution in [0.5, 0.6) is 0 Å². The molecule has 1 aliphatic heterocycles. The molecule has 4 heteroatoms. The van der Waals surface area contributed by atoms with Crippen molar-refractivity contribution in [2.24, 2.45) is 0 Å². The van der Waals surface area contributed by atoms with Gasteiger partial charge in [0.2, 0.25) is 0 Å². The molecule has 1 atom stereocenters. The Labute approximate surface area is 115 Å². The predicted molar refractivity (Wildman–Crippen MR) is 76.6 cm³/mol. The van der Waals surface area contributed by atoms with E-state index in [1.807, 2.05) is 58.0 Å². The number of hydrogen-bond acceptors (Lipinski definition) is 3. The van der Waals surface area contributed by atoms with Crippen molar-refractivity contribution in [3.8, 4) is 0 Å². The summed E-state index contributed by atoms with van der Waals surface area (Å²) in [5, 5.41) is 10.3. The number of aliphatic hydroxyl groups is 1. The molecule has 1 fully saturated rings. The topological polar surface area (TPSA) is 38.7 Å². The summed E-state index contributed by atoms with van der Waals surface area (Å²) >= 11 is 0. The molecule has 1 aromatic rings. The molecule has 1 aromatic carbocycles. The van der Waals surface area contributed by atoms with Gasteiger partial charge in [-0.3, -0.25) is 0 Å². The third-order valence-corrected chi connectivity index (χ3v) is 4.02. The molecule has 1 heterocycles. The minimum atomic E-state index is -0.782. The SMILES string of the molecule is C=C(B1OC(C)(C)C(C)(C)O1)C(O)c1ccccc1. The lowest BCUT2D eigenvalue weighted by atomic mass is 9.74. The number of aliphatic hydroxyl groups excluding tert-OH is 1. The van der Waals surface area contributed by atoms with Gasteiger partial charge in [0.1, 0.15) is 0 Å². The van der Waals surface area contributed by atoms with Crippen molar-refractivity contribution in [3.05, 3.63) is 47.9 Å². The average molecular weight is 260 g/mol. The maximum atomic E-state index is 10.3. The molecule has 3 nitrogen and oxygen atoms in total. The van der Waals surface area contributed by atoms with Crippen LogP contribution in [0.3, 0.4) is 0 Å². The zero-order valence-electron chi connectivity index (χ0n) is 12.0. The Kier molecular flexibility index (Phi) is 3.60. The van der Waals surface area contributed by atoms with Crippen LogP contribution in [0, 0.1) is 0 Å². The van der Waals surface area contributed by atoms with Gasteiger partial charge in [0.05, 0.1) is 17.3 Å². The van der Waals surface area contributed by atoms with Crippen molar-refractivity contribution in [1.29, 1.82) is 0 Å². The van der Waals surface area contributed by atoms with Gasteiger partial charge < -0.3 is 14.4 Å². The highest BCUT2D eigenvalue weighted by Crippen LogP contribution is 2.40. The molecule has 0 amide bonds. The zero-order valence-corrected chi connectivity index (χ0v) is 12.0. The van der Waals surface area contributed by atoms with Crippen LogP contribution >= 0.6 is 0 Å². The van der Waals surface area contributed by atoms with E-state index >= 15 is 0 Å². The van der Waals surface area contributed by atoms with E-state index in [4.69, 9.17) is 9.31 Å². The van der Waals surface area contributed by atoms with E-state index in [-0.39, 0.29) is 0 Å². The van der Waals surface area contributed by atoms with Crippen LogP contribution in [0.4, 0.5) is 0 Å². The molecule has 0 radical (unpaired) electrons. The van der Waals surface area contributed by atoms with Crippen LogP contribution in [-0.2, 0) is 9.31 Å². The lowest BCUT2D eigenvalue weighted by Crippen LogP contribution is -2.41. The van der Waals surface area contributed by atoms with Gasteiger partial charge in [-0.15, -0.1) is 6.58 Å². The quantitative estimate of drug-likeness (QED) is 0.849. The second-order valence-corrected chi connectivity index (χ2v) is 5.98. The second-order valence-electron chi connectivity index (χ2n) is 5.98. The maximum absolute atomic E-state index is 10.3. The average Bonchev–Trinajstić information content (AvgIpc) is 2.58. The Morgan fingerprint density at radius 2 is 1.58 bits per heavy atom. The summed E-state index contributed by atoms with van der Waals surface area (Å²) in [6, 6.07) is 9.40. The van der Waals surface area contributed by atoms with Crippen molar-refractivity contribution >= 4 is 7.12 Å². The van der Waals surface area contributed by atoms with E-state index in [1.54, 1.807) is 0 Å². The maximum Gasteiger partial charge on any atom is 0.492 e. The van der Waals surface area contributed by atoms with E-state index in [1.165, 1.54) is 0 Å².